The lowest BCUT2D eigenvalue weighted by atomic mass is 10.1. The zero-order valence-corrected chi connectivity index (χ0v) is 15.0. The monoisotopic (exact) mass is 377 g/mol. The molecule has 0 bridgehead atoms. The van der Waals surface area contributed by atoms with Gasteiger partial charge < -0.3 is 20.5 Å². The van der Waals surface area contributed by atoms with Crippen molar-refractivity contribution in [3.63, 3.8) is 0 Å². The van der Waals surface area contributed by atoms with E-state index < -0.39 is 12.0 Å². The maximum Gasteiger partial charge on any atom is 0.407 e. The molecule has 7 heteroatoms. The van der Waals surface area contributed by atoms with Gasteiger partial charge in [0.1, 0.15) is 12.4 Å². The van der Waals surface area contributed by atoms with Crippen molar-refractivity contribution in [2.75, 3.05) is 5.32 Å². The number of nitrogens with zero attached hydrogens (tertiary/aromatic N) is 1. The van der Waals surface area contributed by atoms with E-state index in [0.717, 1.165) is 11.1 Å². The highest BCUT2D eigenvalue weighted by Gasteiger charge is 2.10. The van der Waals surface area contributed by atoms with Crippen LogP contribution in [0.4, 0.5) is 10.5 Å². The molecule has 0 spiro atoms. The number of hydrogen-bond donors (Lipinski definition) is 3. The van der Waals surface area contributed by atoms with Gasteiger partial charge in [-0.3, -0.25) is 9.78 Å². The third-order valence-electron chi connectivity index (χ3n) is 3.89. The molecule has 0 unspecified atom stereocenters. The van der Waals surface area contributed by atoms with Crippen LogP contribution in [0.2, 0.25) is 0 Å². The molecule has 3 aromatic rings. The Morgan fingerprint density at radius 3 is 2.46 bits per heavy atom. The van der Waals surface area contributed by atoms with Crippen LogP contribution < -0.4 is 10.6 Å². The van der Waals surface area contributed by atoms with Crippen LogP contribution >= 0.6 is 0 Å². The first-order valence-electron chi connectivity index (χ1n) is 8.59. The van der Waals surface area contributed by atoms with Gasteiger partial charge in [0.2, 0.25) is 0 Å². The standard InChI is InChI=1S/C21H19N3O4/c25-19-6-2-1-5-18(19)20(26)24-17-9-7-15(8-10-17)13-23-21(27)28-14-16-4-3-11-22-12-16/h1-12,25H,13-14H2,(H,23,27)(H,24,26). The Morgan fingerprint density at radius 1 is 0.964 bits per heavy atom. The quantitative estimate of drug-likeness (QED) is 0.611. The summed E-state index contributed by atoms with van der Waals surface area (Å²) in [6.07, 6.45) is 2.76. The summed E-state index contributed by atoms with van der Waals surface area (Å²) >= 11 is 0. The fraction of sp³-hybridized carbons (Fsp3) is 0.0952. The number of carbonyl (C=O) groups is 2. The molecule has 0 fully saturated rings. The average Bonchev–Trinajstić information content (AvgIpc) is 2.73. The largest absolute Gasteiger partial charge is 0.507 e. The molecule has 1 aromatic heterocycles. The molecule has 142 valence electrons. The number of amides is 2. The average molecular weight is 377 g/mol. The molecule has 1 heterocycles. The number of aromatic hydroxyl groups is 1. The van der Waals surface area contributed by atoms with E-state index in [1.54, 1.807) is 60.9 Å². The number of carbonyl (C=O) groups excluding carboxylic acids is 2. The lowest BCUT2D eigenvalue weighted by molar-refractivity contribution is 0.102. The molecule has 0 aliphatic carbocycles. The normalized spacial score (nSPS) is 10.1. The van der Waals surface area contributed by atoms with Crippen LogP contribution in [0.15, 0.2) is 73.1 Å². The summed E-state index contributed by atoms with van der Waals surface area (Å²) in [6, 6.07) is 16.9. The van der Waals surface area contributed by atoms with Crippen molar-refractivity contribution in [3.05, 3.63) is 89.7 Å². The lowest BCUT2D eigenvalue weighted by Crippen LogP contribution is -2.23. The van der Waals surface area contributed by atoms with Gasteiger partial charge in [-0.2, -0.15) is 0 Å². The van der Waals surface area contributed by atoms with E-state index in [4.69, 9.17) is 4.74 Å². The van der Waals surface area contributed by atoms with Gasteiger partial charge >= 0.3 is 6.09 Å². The number of alkyl carbamates (subject to hydrolysis) is 1. The number of para-hydroxylation sites is 1. The van der Waals surface area contributed by atoms with E-state index in [1.807, 2.05) is 6.07 Å². The number of benzene rings is 2. The van der Waals surface area contributed by atoms with E-state index in [1.165, 1.54) is 6.07 Å². The predicted molar refractivity (Wildman–Crippen MR) is 104 cm³/mol. The summed E-state index contributed by atoms with van der Waals surface area (Å²) in [5, 5.41) is 15.1. The van der Waals surface area contributed by atoms with E-state index in [9.17, 15) is 14.7 Å². The summed E-state index contributed by atoms with van der Waals surface area (Å²) in [4.78, 5) is 27.9. The maximum atomic E-state index is 12.2. The van der Waals surface area contributed by atoms with E-state index in [2.05, 4.69) is 15.6 Å². The Hall–Kier alpha value is -3.87. The second-order valence-electron chi connectivity index (χ2n) is 5.96. The van der Waals surface area contributed by atoms with Crippen LogP contribution in [-0.2, 0) is 17.9 Å². The highest BCUT2D eigenvalue weighted by atomic mass is 16.5. The molecule has 0 aliphatic rings. The van der Waals surface area contributed by atoms with Gasteiger partial charge in [0.15, 0.2) is 0 Å². The Kier molecular flexibility index (Phi) is 6.20. The van der Waals surface area contributed by atoms with E-state index in [0.29, 0.717) is 12.2 Å². The van der Waals surface area contributed by atoms with Crippen molar-refractivity contribution in [1.29, 1.82) is 0 Å². The number of pyridine rings is 1. The van der Waals surface area contributed by atoms with Gasteiger partial charge in [0.25, 0.3) is 5.91 Å². The number of hydrogen-bond acceptors (Lipinski definition) is 5. The van der Waals surface area contributed by atoms with Crippen LogP contribution in [0.5, 0.6) is 5.75 Å². The second-order valence-corrected chi connectivity index (χ2v) is 5.96. The molecule has 0 aliphatic heterocycles. The number of rotatable bonds is 6. The fourth-order valence-electron chi connectivity index (χ4n) is 2.43. The summed E-state index contributed by atoms with van der Waals surface area (Å²) in [5.74, 6) is -0.478. The molecule has 0 atom stereocenters. The molecule has 2 amide bonds. The number of ether oxygens (including phenoxy) is 1. The van der Waals surface area contributed by atoms with Crippen LogP contribution in [0, 0.1) is 0 Å². The van der Waals surface area contributed by atoms with Crippen molar-refractivity contribution in [2.24, 2.45) is 0 Å². The number of nitrogens with one attached hydrogen (secondary N) is 2. The molecular weight excluding hydrogens is 358 g/mol. The molecular formula is C21H19N3O4. The molecule has 0 saturated heterocycles. The zero-order valence-electron chi connectivity index (χ0n) is 15.0. The van der Waals surface area contributed by atoms with Crippen LogP contribution in [0.25, 0.3) is 0 Å². The highest BCUT2D eigenvalue weighted by Crippen LogP contribution is 2.18. The first-order valence-corrected chi connectivity index (χ1v) is 8.59. The fourth-order valence-corrected chi connectivity index (χ4v) is 2.43. The highest BCUT2D eigenvalue weighted by molar-refractivity contribution is 6.06. The minimum Gasteiger partial charge on any atom is -0.507 e. The van der Waals surface area contributed by atoms with Gasteiger partial charge in [-0.25, -0.2) is 4.79 Å². The third-order valence-corrected chi connectivity index (χ3v) is 3.89. The van der Waals surface area contributed by atoms with Crippen LogP contribution in [0.3, 0.4) is 0 Å². The molecule has 3 rings (SSSR count). The first-order chi connectivity index (χ1) is 13.6. The van der Waals surface area contributed by atoms with Gasteiger partial charge in [0.05, 0.1) is 5.56 Å². The zero-order chi connectivity index (χ0) is 19.8. The Bertz CT molecular complexity index is 943. The van der Waals surface area contributed by atoms with Gasteiger partial charge in [-0.05, 0) is 35.9 Å². The molecule has 2 aromatic carbocycles. The van der Waals surface area contributed by atoms with Crippen molar-refractivity contribution < 1.29 is 19.4 Å². The molecule has 0 saturated carbocycles. The summed E-state index contributed by atoms with van der Waals surface area (Å²) < 4.78 is 5.12. The summed E-state index contributed by atoms with van der Waals surface area (Å²) in [6.45, 7) is 0.441. The molecule has 28 heavy (non-hydrogen) atoms. The smallest absolute Gasteiger partial charge is 0.407 e. The number of anilines is 1. The molecule has 3 N–H and O–H groups in total. The minimum absolute atomic E-state index is 0.0781. The maximum absolute atomic E-state index is 12.2. The summed E-state index contributed by atoms with van der Waals surface area (Å²) in [5.41, 5.74) is 2.43. The van der Waals surface area contributed by atoms with Crippen molar-refractivity contribution in [2.45, 2.75) is 13.2 Å². The van der Waals surface area contributed by atoms with E-state index >= 15 is 0 Å². The van der Waals surface area contributed by atoms with Crippen molar-refractivity contribution in [1.82, 2.24) is 10.3 Å². The topological polar surface area (TPSA) is 101 Å². The number of aromatic nitrogens is 1. The Balaban J connectivity index is 1.47. The number of phenols is 1. The lowest BCUT2D eigenvalue weighted by Gasteiger charge is -2.09. The van der Waals surface area contributed by atoms with E-state index in [-0.39, 0.29) is 17.9 Å². The first kappa shape index (κ1) is 18.9. The predicted octanol–water partition coefficient (Wildman–Crippen LogP) is 3.47. The number of phenolic OH excluding ortho intramolecular Hbond substituents is 1. The van der Waals surface area contributed by atoms with Gasteiger partial charge in [0, 0.05) is 30.2 Å². The van der Waals surface area contributed by atoms with Gasteiger partial charge in [-0.15, -0.1) is 0 Å². The van der Waals surface area contributed by atoms with Crippen molar-refractivity contribution >= 4 is 17.7 Å². The summed E-state index contributed by atoms with van der Waals surface area (Å²) in [7, 11) is 0. The van der Waals surface area contributed by atoms with Crippen LogP contribution in [0.1, 0.15) is 21.5 Å². The van der Waals surface area contributed by atoms with Gasteiger partial charge in [-0.1, -0.05) is 30.3 Å². The van der Waals surface area contributed by atoms with Crippen molar-refractivity contribution in [3.8, 4) is 5.75 Å². The molecule has 7 nitrogen and oxygen atoms in total. The van der Waals surface area contributed by atoms with Crippen LogP contribution in [-0.4, -0.2) is 22.1 Å². The molecule has 0 radical (unpaired) electrons. The SMILES string of the molecule is O=C(NCc1ccc(NC(=O)c2ccccc2O)cc1)OCc1cccnc1. The Labute approximate surface area is 162 Å². The third kappa shape index (κ3) is 5.31. The minimum atomic E-state index is -0.527. The Morgan fingerprint density at radius 2 is 1.75 bits per heavy atom. The second kappa shape index (κ2) is 9.18.